The fourth-order valence-corrected chi connectivity index (χ4v) is 2.90. The fraction of sp³-hybridized carbons (Fsp3) is 0.308. The van der Waals surface area contributed by atoms with Gasteiger partial charge in [0.05, 0.1) is 0 Å². The van der Waals surface area contributed by atoms with Crippen LogP contribution in [0.2, 0.25) is 0 Å². The highest BCUT2D eigenvalue weighted by atomic mass is 35.5. The van der Waals surface area contributed by atoms with E-state index < -0.39 is 0 Å². The molecule has 3 rings (SSSR count). The van der Waals surface area contributed by atoms with Gasteiger partial charge in [-0.15, -0.1) is 23.4 Å². The van der Waals surface area contributed by atoms with Crippen LogP contribution in [0.3, 0.4) is 0 Å². The van der Waals surface area contributed by atoms with Crippen LogP contribution in [0.1, 0.15) is 0 Å². The molecule has 1 aromatic carbocycles. The standard InChI is InChI=1S/C13H12ClNO2S/c14-2-6-18-13-10-8-12-11(16-4-5-17-12)7-9(10)1-3-15-13/h1,3,7-8H,2,4-6H2. The third-order valence-electron chi connectivity index (χ3n) is 2.71. The zero-order valence-electron chi connectivity index (χ0n) is 9.69. The Morgan fingerprint density at radius 2 is 2.00 bits per heavy atom. The normalized spacial score (nSPS) is 13.8. The van der Waals surface area contributed by atoms with Crippen molar-refractivity contribution in [1.82, 2.24) is 4.98 Å². The Balaban J connectivity index is 2.09. The van der Waals surface area contributed by atoms with E-state index in [4.69, 9.17) is 21.1 Å². The number of hydrogen-bond acceptors (Lipinski definition) is 4. The maximum Gasteiger partial charge on any atom is 0.162 e. The molecule has 0 amide bonds. The number of benzene rings is 1. The summed E-state index contributed by atoms with van der Waals surface area (Å²) in [4.78, 5) is 4.40. The lowest BCUT2D eigenvalue weighted by atomic mass is 10.1. The molecule has 0 spiro atoms. The summed E-state index contributed by atoms with van der Waals surface area (Å²) in [6.07, 6.45) is 1.81. The molecule has 0 unspecified atom stereocenters. The number of pyridine rings is 1. The van der Waals surface area contributed by atoms with Crippen molar-refractivity contribution in [2.45, 2.75) is 5.03 Å². The zero-order valence-corrected chi connectivity index (χ0v) is 11.3. The molecule has 0 atom stereocenters. The molecule has 18 heavy (non-hydrogen) atoms. The topological polar surface area (TPSA) is 31.4 Å². The maximum atomic E-state index is 5.72. The largest absolute Gasteiger partial charge is 0.486 e. The Kier molecular flexibility index (Phi) is 3.48. The van der Waals surface area contributed by atoms with Crippen molar-refractivity contribution in [3.63, 3.8) is 0 Å². The molecule has 0 radical (unpaired) electrons. The highest BCUT2D eigenvalue weighted by molar-refractivity contribution is 7.99. The van der Waals surface area contributed by atoms with Crippen LogP contribution in [0.4, 0.5) is 0 Å². The summed E-state index contributed by atoms with van der Waals surface area (Å²) in [7, 11) is 0. The Labute approximate surface area is 114 Å². The Morgan fingerprint density at radius 3 is 2.78 bits per heavy atom. The maximum absolute atomic E-state index is 5.72. The van der Waals surface area contributed by atoms with Gasteiger partial charge in [0.2, 0.25) is 0 Å². The minimum Gasteiger partial charge on any atom is -0.486 e. The molecule has 1 aliphatic rings. The fourth-order valence-electron chi connectivity index (χ4n) is 1.93. The third kappa shape index (κ3) is 2.22. The Bertz CT molecular complexity index is 576. The molecular weight excluding hydrogens is 270 g/mol. The quantitative estimate of drug-likeness (QED) is 0.638. The molecule has 1 aliphatic heterocycles. The summed E-state index contributed by atoms with van der Waals surface area (Å²) in [5.74, 6) is 3.08. The molecule has 0 aliphatic carbocycles. The molecule has 1 aromatic heterocycles. The molecule has 3 nitrogen and oxygen atoms in total. The van der Waals surface area contributed by atoms with Crippen LogP contribution in [-0.2, 0) is 0 Å². The number of rotatable bonds is 3. The third-order valence-corrected chi connectivity index (χ3v) is 4.13. The van der Waals surface area contributed by atoms with Crippen molar-refractivity contribution in [3.8, 4) is 11.5 Å². The van der Waals surface area contributed by atoms with Crippen LogP contribution in [-0.4, -0.2) is 29.8 Å². The van der Waals surface area contributed by atoms with Gasteiger partial charge in [0.25, 0.3) is 0 Å². The SMILES string of the molecule is ClCCSc1nccc2cc3c(cc12)OCCO3. The van der Waals surface area contributed by atoms with E-state index in [0.29, 0.717) is 19.1 Å². The molecule has 0 N–H and O–H groups in total. The first-order valence-electron chi connectivity index (χ1n) is 5.75. The predicted molar refractivity (Wildman–Crippen MR) is 74.2 cm³/mol. The summed E-state index contributed by atoms with van der Waals surface area (Å²) in [5.41, 5.74) is 0. The molecule has 2 heterocycles. The van der Waals surface area contributed by atoms with Gasteiger partial charge in [0.1, 0.15) is 18.2 Å². The molecule has 0 fully saturated rings. The minimum absolute atomic E-state index is 0.600. The molecule has 2 aromatic rings. The van der Waals surface area contributed by atoms with Crippen molar-refractivity contribution >= 4 is 34.1 Å². The second-order valence-corrected chi connectivity index (χ2v) is 5.33. The number of ether oxygens (including phenoxy) is 2. The van der Waals surface area contributed by atoms with E-state index in [2.05, 4.69) is 4.98 Å². The van der Waals surface area contributed by atoms with Crippen molar-refractivity contribution in [3.05, 3.63) is 24.4 Å². The average molecular weight is 282 g/mol. The van der Waals surface area contributed by atoms with Gasteiger partial charge in [0, 0.05) is 23.2 Å². The monoisotopic (exact) mass is 281 g/mol. The van der Waals surface area contributed by atoms with Gasteiger partial charge in [-0.05, 0) is 23.6 Å². The van der Waals surface area contributed by atoms with Gasteiger partial charge < -0.3 is 9.47 Å². The number of thioether (sulfide) groups is 1. The number of fused-ring (bicyclic) bond motifs is 2. The lowest BCUT2D eigenvalue weighted by Gasteiger charge is -2.19. The van der Waals surface area contributed by atoms with Crippen LogP contribution < -0.4 is 9.47 Å². The van der Waals surface area contributed by atoms with Gasteiger partial charge in [-0.25, -0.2) is 4.98 Å². The van der Waals surface area contributed by atoms with E-state index in [1.54, 1.807) is 11.8 Å². The van der Waals surface area contributed by atoms with E-state index in [0.717, 1.165) is 33.1 Å². The second-order valence-electron chi connectivity index (χ2n) is 3.87. The summed E-state index contributed by atoms with van der Waals surface area (Å²) in [6, 6.07) is 6.00. The molecule has 0 bridgehead atoms. The van der Waals surface area contributed by atoms with Crippen LogP contribution in [0.25, 0.3) is 10.8 Å². The van der Waals surface area contributed by atoms with Crippen molar-refractivity contribution in [1.29, 1.82) is 0 Å². The van der Waals surface area contributed by atoms with Gasteiger partial charge in [-0.3, -0.25) is 0 Å². The highest BCUT2D eigenvalue weighted by Gasteiger charge is 2.14. The van der Waals surface area contributed by atoms with Crippen LogP contribution in [0.5, 0.6) is 11.5 Å². The van der Waals surface area contributed by atoms with Crippen LogP contribution in [0.15, 0.2) is 29.4 Å². The van der Waals surface area contributed by atoms with Gasteiger partial charge in [-0.2, -0.15) is 0 Å². The van der Waals surface area contributed by atoms with Crippen molar-refractivity contribution in [2.75, 3.05) is 24.8 Å². The molecule has 94 valence electrons. The van der Waals surface area contributed by atoms with E-state index in [1.165, 1.54) is 0 Å². The van der Waals surface area contributed by atoms with Crippen molar-refractivity contribution in [2.24, 2.45) is 0 Å². The summed E-state index contributed by atoms with van der Waals surface area (Å²) >= 11 is 7.39. The first-order chi connectivity index (χ1) is 8.88. The van der Waals surface area contributed by atoms with Crippen LogP contribution >= 0.6 is 23.4 Å². The average Bonchev–Trinajstić information content (AvgIpc) is 2.43. The zero-order chi connectivity index (χ0) is 12.4. The van der Waals surface area contributed by atoms with E-state index >= 15 is 0 Å². The van der Waals surface area contributed by atoms with Gasteiger partial charge in [-0.1, -0.05) is 0 Å². The lowest BCUT2D eigenvalue weighted by Crippen LogP contribution is -2.15. The summed E-state index contributed by atoms with van der Waals surface area (Å²) in [5, 5.41) is 3.20. The molecule has 5 heteroatoms. The Morgan fingerprint density at radius 1 is 1.22 bits per heavy atom. The number of aromatic nitrogens is 1. The predicted octanol–water partition coefficient (Wildman–Crippen LogP) is 3.34. The number of nitrogens with zero attached hydrogens (tertiary/aromatic N) is 1. The number of halogens is 1. The van der Waals surface area contributed by atoms with E-state index in [9.17, 15) is 0 Å². The summed E-state index contributed by atoms with van der Waals surface area (Å²) in [6.45, 7) is 1.21. The number of hydrogen-bond donors (Lipinski definition) is 0. The number of alkyl halides is 1. The van der Waals surface area contributed by atoms with E-state index in [-0.39, 0.29) is 0 Å². The van der Waals surface area contributed by atoms with Crippen molar-refractivity contribution < 1.29 is 9.47 Å². The molecular formula is C13H12ClNO2S. The lowest BCUT2D eigenvalue weighted by molar-refractivity contribution is 0.172. The smallest absolute Gasteiger partial charge is 0.162 e. The molecule has 0 saturated heterocycles. The molecule has 0 saturated carbocycles. The first-order valence-corrected chi connectivity index (χ1v) is 7.27. The van der Waals surface area contributed by atoms with Crippen LogP contribution in [0, 0.1) is 0 Å². The van der Waals surface area contributed by atoms with E-state index in [1.807, 2.05) is 24.4 Å². The van der Waals surface area contributed by atoms with Gasteiger partial charge in [0.15, 0.2) is 11.5 Å². The second kappa shape index (κ2) is 5.24. The summed E-state index contributed by atoms with van der Waals surface area (Å²) < 4.78 is 11.2. The Hall–Kier alpha value is -1.13. The minimum atomic E-state index is 0.600. The first kappa shape index (κ1) is 11.9. The van der Waals surface area contributed by atoms with Gasteiger partial charge >= 0.3 is 0 Å². The highest BCUT2D eigenvalue weighted by Crippen LogP contribution is 2.37.